The van der Waals surface area contributed by atoms with Gasteiger partial charge in [0.25, 0.3) is 0 Å². The molecule has 2 amide bonds. The summed E-state index contributed by atoms with van der Waals surface area (Å²) in [5, 5.41) is 3.59. The van der Waals surface area contributed by atoms with Crippen molar-refractivity contribution < 1.29 is 9.18 Å². The van der Waals surface area contributed by atoms with E-state index in [1.165, 1.54) is 12.1 Å². The summed E-state index contributed by atoms with van der Waals surface area (Å²) in [5.74, 6) is -0.276. The van der Waals surface area contributed by atoms with Crippen LogP contribution in [0.3, 0.4) is 0 Å². The van der Waals surface area contributed by atoms with E-state index in [9.17, 15) is 9.18 Å². The molecule has 2 aromatic carbocycles. The fourth-order valence-electron chi connectivity index (χ4n) is 2.73. The average molecular weight is 348 g/mol. The van der Waals surface area contributed by atoms with Crippen molar-refractivity contribution in [2.24, 2.45) is 0 Å². The summed E-state index contributed by atoms with van der Waals surface area (Å²) in [5.41, 5.74) is 1.95. The van der Waals surface area contributed by atoms with Gasteiger partial charge in [0, 0.05) is 43.4 Å². The molecule has 0 unspecified atom stereocenters. The summed E-state index contributed by atoms with van der Waals surface area (Å²) in [7, 11) is 0. The van der Waals surface area contributed by atoms with Gasteiger partial charge in [0.15, 0.2) is 0 Å². The minimum atomic E-state index is -0.276. The van der Waals surface area contributed by atoms with E-state index in [1.54, 1.807) is 17.0 Å². The van der Waals surface area contributed by atoms with E-state index in [1.807, 2.05) is 24.3 Å². The Morgan fingerprint density at radius 3 is 2.46 bits per heavy atom. The first kappa shape index (κ1) is 16.6. The van der Waals surface area contributed by atoms with Crippen molar-refractivity contribution in [2.45, 2.75) is 6.54 Å². The highest BCUT2D eigenvalue weighted by atomic mass is 35.5. The second-order valence-electron chi connectivity index (χ2n) is 5.74. The highest BCUT2D eigenvalue weighted by Crippen LogP contribution is 2.20. The van der Waals surface area contributed by atoms with Gasteiger partial charge in [-0.2, -0.15) is 0 Å². The molecule has 0 radical (unpaired) electrons. The van der Waals surface area contributed by atoms with Crippen LogP contribution in [-0.2, 0) is 6.54 Å². The van der Waals surface area contributed by atoms with Gasteiger partial charge in [-0.1, -0.05) is 29.8 Å². The Bertz CT molecular complexity index is 700. The normalized spacial score (nSPS) is 14.6. The molecule has 1 aliphatic heterocycles. The summed E-state index contributed by atoms with van der Waals surface area (Å²) in [6.45, 7) is 3.24. The Hall–Kier alpha value is -2.27. The van der Waals surface area contributed by atoms with Gasteiger partial charge in [-0.3, -0.25) is 0 Å². The lowest BCUT2D eigenvalue weighted by atomic mass is 10.2. The molecule has 0 aromatic heterocycles. The highest BCUT2D eigenvalue weighted by molar-refractivity contribution is 6.30. The molecule has 0 saturated carbocycles. The fraction of sp³-hybridized carbons (Fsp3) is 0.278. The standard InChI is InChI=1S/C18H19ClFN3O/c19-15-2-1-3-17(12-15)22-8-10-23(11-9-22)18(24)21-13-14-4-6-16(20)7-5-14/h1-7,12H,8-11,13H2,(H,21,24). The number of amides is 2. The van der Waals surface area contributed by atoms with Crippen molar-refractivity contribution in [3.05, 3.63) is 64.9 Å². The summed E-state index contributed by atoms with van der Waals surface area (Å²) >= 11 is 6.03. The number of benzene rings is 2. The molecule has 2 aromatic rings. The van der Waals surface area contributed by atoms with E-state index < -0.39 is 0 Å². The molecule has 0 atom stereocenters. The van der Waals surface area contributed by atoms with Crippen LogP contribution in [0.2, 0.25) is 5.02 Å². The van der Waals surface area contributed by atoms with Crippen LogP contribution < -0.4 is 10.2 Å². The molecule has 4 nitrogen and oxygen atoms in total. The lowest BCUT2D eigenvalue weighted by molar-refractivity contribution is 0.194. The third kappa shape index (κ3) is 4.17. The van der Waals surface area contributed by atoms with Crippen LogP contribution in [0.25, 0.3) is 0 Å². The molecular formula is C18H19ClFN3O. The zero-order valence-electron chi connectivity index (χ0n) is 13.2. The quantitative estimate of drug-likeness (QED) is 0.922. The first-order chi connectivity index (χ1) is 11.6. The fourth-order valence-corrected chi connectivity index (χ4v) is 2.92. The maximum Gasteiger partial charge on any atom is 0.317 e. The Labute approximate surface area is 145 Å². The van der Waals surface area contributed by atoms with Crippen LogP contribution in [0.15, 0.2) is 48.5 Å². The van der Waals surface area contributed by atoms with Gasteiger partial charge in [0.2, 0.25) is 0 Å². The number of carbonyl (C=O) groups excluding carboxylic acids is 1. The van der Waals surface area contributed by atoms with Gasteiger partial charge >= 0.3 is 6.03 Å². The summed E-state index contributed by atoms with van der Waals surface area (Å²) < 4.78 is 12.9. The number of urea groups is 1. The maximum atomic E-state index is 12.9. The third-order valence-corrected chi connectivity index (χ3v) is 4.33. The summed E-state index contributed by atoms with van der Waals surface area (Å²) in [6.07, 6.45) is 0. The maximum absolute atomic E-state index is 12.9. The van der Waals surface area contributed by atoms with E-state index in [4.69, 9.17) is 11.6 Å². The molecule has 126 valence electrons. The molecule has 0 aliphatic carbocycles. The van der Waals surface area contributed by atoms with Crippen molar-refractivity contribution in [1.82, 2.24) is 10.2 Å². The Morgan fingerprint density at radius 2 is 1.79 bits per heavy atom. The van der Waals surface area contributed by atoms with Gasteiger partial charge in [0.05, 0.1) is 0 Å². The van der Waals surface area contributed by atoms with Crippen LogP contribution in [-0.4, -0.2) is 37.1 Å². The number of anilines is 1. The number of hydrogen-bond donors (Lipinski definition) is 1. The molecule has 0 bridgehead atoms. The SMILES string of the molecule is O=C(NCc1ccc(F)cc1)N1CCN(c2cccc(Cl)c2)CC1. The minimum Gasteiger partial charge on any atom is -0.368 e. The smallest absolute Gasteiger partial charge is 0.317 e. The Morgan fingerprint density at radius 1 is 1.08 bits per heavy atom. The molecular weight excluding hydrogens is 329 g/mol. The van der Waals surface area contributed by atoms with E-state index in [2.05, 4.69) is 10.2 Å². The van der Waals surface area contributed by atoms with Gasteiger partial charge < -0.3 is 15.1 Å². The van der Waals surface area contributed by atoms with E-state index in [0.717, 1.165) is 24.3 Å². The Kier molecular flexibility index (Phi) is 5.20. The second kappa shape index (κ2) is 7.53. The zero-order chi connectivity index (χ0) is 16.9. The first-order valence-corrected chi connectivity index (χ1v) is 8.27. The summed E-state index contributed by atoms with van der Waals surface area (Å²) in [6, 6.07) is 13.8. The van der Waals surface area contributed by atoms with Crippen LogP contribution in [0, 0.1) is 5.82 Å². The van der Waals surface area contributed by atoms with Crippen molar-refractivity contribution in [3.8, 4) is 0 Å². The van der Waals surface area contributed by atoms with Crippen LogP contribution in [0.4, 0.5) is 14.9 Å². The molecule has 1 saturated heterocycles. The first-order valence-electron chi connectivity index (χ1n) is 7.89. The molecule has 3 rings (SSSR count). The largest absolute Gasteiger partial charge is 0.368 e. The molecule has 1 N–H and O–H groups in total. The van der Waals surface area contributed by atoms with Crippen LogP contribution in [0.1, 0.15) is 5.56 Å². The number of hydrogen-bond acceptors (Lipinski definition) is 2. The second-order valence-corrected chi connectivity index (χ2v) is 6.18. The number of nitrogens with zero attached hydrogens (tertiary/aromatic N) is 2. The van der Waals surface area contributed by atoms with E-state index >= 15 is 0 Å². The third-order valence-electron chi connectivity index (χ3n) is 4.10. The average Bonchev–Trinajstić information content (AvgIpc) is 2.61. The lowest BCUT2D eigenvalue weighted by Crippen LogP contribution is -2.51. The molecule has 1 fully saturated rings. The van der Waals surface area contributed by atoms with Crippen molar-refractivity contribution >= 4 is 23.3 Å². The van der Waals surface area contributed by atoms with Gasteiger partial charge in [0.1, 0.15) is 5.82 Å². The molecule has 24 heavy (non-hydrogen) atoms. The lowest BCUT2D eigenvalue weighted by Gasteiger charge is -2.36. The molecule has 0 spiro atoms. The van der Waals surface area contributed by atoms with Gasteiger partial charge in [-0.25, -0.2) is 9.18 Å². The predicted molar refractivity (Wildman–Crippen MR) is 93.9 cm³/mol. The van der Waals surface area contributed by atoms with E-state index in [-0.39, 0.29) is 11.8 Å². The molecule has 1 heterocycles. The number of halogens is 2. The van der Waals surface area contributed by atoms with Crippen LogP contribution in [0.5, 0.6) is 0 Å². The molecule has 1 aliphatic rings. The Balaban J connectivity index is 1.49. The molecule has 6 heteroatoms. The summed E-state index contributed by atoms with van der Waals surface area (Å²) in [4.78, 5) is 16.3. The number of rotatable bonds is 3. The minimum absolute atomic E-state index is 0.0925. The number of piperazine rings is 1. The van der Waals surface area contributed by atoms with Crippen molar-refractivity contribution in [2.75, 3.05) is 31.1 Å². The van der Waals surface area contributed by atoms with Crippen molar-refractivity contribution in [1.29, 1.82) is 0 Å². The topological polar surface area (TPSA) is 35.6 Å². The van der Waals surface area contributed by atoms with Gasteiger partial charge in [-0.15, -0.1) is 0 Å². The van der Waals surface area contributed by atoms with E-state index in [0.29, 0.717) is 24.7 Å². The zero-order valence-corrected chi connectivity index (χ0v) is 14.0. The highest BCUT2D eigenvalue weighted by Gasteiger charge is 2.21. The van der Waals surface area contributed by atoms with Crippen molar-refractivity contribution in [3.63, 3.8) is 0 Å². The van der Waals surface area contributed by atoms with Crippen LogP contribution >= 0.6 is 11.6 Å². The van der Waals surface area contributed by atoms with Gasteiger partial charge in [-0.05, 0) is 35.9 Å². The monoisotopic (exact) mass is 347 g/mol. The number of carbonyl (C=O) groups is 1. The predicted octanol–water partition coefficient (Wildman–Crippen LogP) is 3.51. The number of nitrogens with one attached hydrogen (secondary N) is 1.